The van der Waals surface area contributed by atoms with Gasteiger partial charge in [-0.2, -0.15) is 0 Å². The van der Waals surface area contributed by atoms with Crippen molar-refractivity contribution < 1.29 is 5.11 Å². The van der Waals surface area contributed by atoms with Crippen LogP contribution >= 0.6 is 0 Å². The molecule has 0 saturated carbocycles. The molecule has 0 aliphatic rings. The second-order valence-electron chi connectivity index (χ2n) is 4.43. The number of aromatic hydroxyl groups is 1. The van der Waals surface area contributed by atoms with E-state index in [4.69, 9.17) is 0 Å². The normalized spacial score (nSPS) is 10.6. The maximum absolute atomic E-state index is 9.89. The zero-order valence-electron chi connectivity index (χ0n) is 11.1. The largest absolute Gasteiger partial charge is 0.507 e. The van der Waals surface area contributed by atoms with Crippen molar-refractivity contribution in [1.82, 2.24) is 9.55 Å². The van der Waals surface area contributed by atoms with Crippen molar-refractivity contribution in [3.8, 4) is 5.75 Å². The average Bonchev–Trinajstić information content (AvgIpc) is 2.82. The number of hydrogen-bond donors (Lipinski definition) is 2. The average molecular weight is 245 g/mol. The van der Waals surface area contributed by atoms with Crippen LogP contribution in [0.4, 0.5) is 5.69 Å². The number of rotatable bonds is 4. The standard InChI is InChI=1S/C14H19N3O/c1-4-17-9-15-7-12(17)8-16-13-6-5-10(2)14(18)11(13)3/h5-7,9,16,18H,4,8H2,1-3H3. The first kappa shape index (κ1) is 12.5. The number of phenolic OH excluding ortho intramolecular Hbond substituents is 1. The van der Waals surface area contributed by atoms with Crippen LogP contribution in [0, 0.1) is 13.8 Å². The molecule has 0 amide bonds. The summed E-state index contributed by atoms with van der Waals surface area (Å²) in [5, 5.41) is 13.2. The third-order valence-electron chi connectivity index (χ3n) is 3.23. The number of hydrogen-bond acceptors (Lipinski definition) is 3. The fraction of sp³-hybridized carbons (Fsp3) is 0.357. The Bertz CT molecular complexity index is 546. The Morgan fingerprint density at radius 1 is 1.33 bits per heavy atom. The molecule has 0 atom stereocenters. The number of imidazole rings is 1. The van der Waals surface area contributed by atoms with Gasteiger partial charge in [0.05, 0.1) is 18.6 Å². The van der Waals surface area contributed by atoms with Gasteiger partial charge < -0.3 is 15.0 Å². The minimum Gasteiger partial charge on any atom is -0.507 e. The number of aryl methyl sites for hydroxylation is 2. The molecule has 0 aliphatic carbocycles. The molecule has 18 heavy (non-hydrogen) atoms. The third-order valence-corrected chi connectivity index (χ3v) is 3.23. The van der Waals surface area contributed by atoms with Crippen molar-refractivity contribution in [2.75, 3.05) is 5.32 Å². The smallest absolute Gasteiger partial charge is 0.123 e. The van der Waals surface area contributed by atoms with E-state index in [0.29, 0.717) is 12.3 Å². The van der Waals surface area contributed by atoms with E-state index < -0.39 is 0 Å². The first-order chi connectivity index (χ1) is 8.63. The van der Waals surface area contributed by atoms with Crippen LogP contribution in [0.2, 0.25) is 0 Å². The third kappa shape index (κ3) is 2.32. The van der Waals surface area contributed by atoms with E-state index in [-0.39, 0.29) is 0 Å². The van der Waals surface area contributed by atoms with Gasteiger partial charge in [-0.1, -0.05) is 6.07 Å². The first-order valence-electron chi connectivity index (χ1n) is 6.15. The predicted molar refractivity (Wildman–Crippen MR) is 72.8 cm³/mol. The predicted octanol–water partition coefficient (Wildman–Crippen LogP) is 2.84. The van der Waals surface area contributed by atoms with Crippen molar-refractivity contribution in [2.24, 2.45) is 0 Å². The van der Waals surface area contributed by atoms with Gasteiger partial charge in [0.15, 0.2) is 0 Å². The van der Waals surface area contributed by atoms with Crippen LogP contribution in [0.15, 0.2) is 24.7 Å². The van der Waals surface area contributed by atoms with Crippen LogP contribution < -0.4 is 5.32 Å². The number of anilines is 1. The highest BCUT2D eigenvalue weighted by molar-refractivity contribution is 5.59. The highest BCUT2D eigenvalue weighted by atomic mass is 16.3. The zero-order valence-corrected chi connectivity index (χ0v) is 11.1. The van der Waals surface area contributed by atoms with Crippen LogP contribution in [-0.4, -0.2) is 14.7 Å². The first-order valence-corrected chi connectivity index (χ1v) is 6.15. The zero-order chi connectivity index (χ0) is 13.1. The monoisotopic (exact) mass is 245 g/mol. The molecule has 1 aromatic heterocycles. The van der Waals surface area contributed by atoms with Gasteiger partial charge in [-0.3, -0.25) is 0 Å². The van der Waals surface area contributed by atoms with Gasteiger partial charge in [0.1, 0.15) is 5.75 Å². The van der Waals surface area contributed by atoms with E-state index in [1.54, 1.807) is 0 Å². The molecule has 4 nitrogen and oxygen atoms in total. The summed E-state index contributed by atoms with van der Waals surface area (Å²) in [6, 6.07) is 3.92. The van der Waals surface area contributed by atoms with Gasteiger partial charge in [0.2, 0.25) is 0 Å². The molecule has 0 fully saturated rings. The number of phenols is 1. The maximum atomic E-state index is 9.89. The fourth-order valence-electron chi connectivity index (χ4n) is 1.99. The summed E-state index contributed by atoms with van der Waals surface area (Å²) in [4.78, 5) is 4.13. The lowest BCUT2D eigenvalue weighted by molar-refractivity contribution is 0.467. The minimum atomic E-state index is 0.365. The molecule has 0 spiro atoms. The Morgan fingerprint density at radius 2 is 2.11 bits per heavy atom. The Labute approximate surface area is 107 Å². The van der Waals surface area contributed by atoms with E-state index >= 15 is 0 Å². The van der Waals surface area contributed by atoms with E-state index in [9.17, 15) is 5.11 Å². The van der Waals surface area contributed by atoms with Crippen molar-refractivity contribution in [1.29, 1.82) is 0 Å². The van der Waals surface area contributed by atoms with Gasteiger partial charge in [0, 0.05) is 24.0 Å². The Kier molecular flexibility index (Phi) is 3.55. The van der Waals surface area contributed by atoms with Gasteiger partial charge in [-0.15, -0.1) is 0 Å². The van der Waals surface area contributed by atoms with Crippen molar-refractivity contribution >= 4 is 5.69 Å². The lowest BCUT2D eigenvalue weighted by atomic mass is 10.1. The second kappa shape index (κ2) is 5.12. The molecule has 0 radical (unpaired) electrons. The molecular weight excluding hydrogens is 226 g/mol. The maximum Gasteiger partial charge on any atom is 0.123 e. The minimum absolute atomic E-state index is 0.365. The second-order valence-corrected chi connectivity index (χ2v) is 4.43. The number of benzene rings is 1. The van der Waals surface area contributed by atoms with Crippen molar-refractivity contribution in [3.05, 3.63) is 41.5 Å². The van der Waals surface area contributed by atoms with E-state index in [1.165, 1.54) is 0 Å². The molecule has 0 aliphatic heterocycles. The highest BCUT2D eigenvalue weighted by Crippen LogP contribution is 2.28. The lowest BCUT2D eigenvalue weighted by Crippen LogP contribution is -2.06. The molecule has 2 N–H and O–H groups in total. The Morgan fingerprint density at radius 3 is 2.83 bits per heavy atom. The summed E-state index contributed by atoms with van der Waals surface area (Å²) in [6.45, 7) is 7.53. The van der Waals surface area contributed by atoms with Crippen LogP contribution in [-0.2, 0) is 13.1 Å². The molecule has 2 aromatic rings. The number of aromatic nitrogens is 2. The highest BCUT2D eigenvalue weighted by Gasteiger charge is 2.06. The molecule has 0 saturated heterocycles. The quantitative estimate of drug-likeness (QED) is 0.870. The van der Waals surface area contributed by atoms with Crippen LogP contribution in [0.5, 0.6) is 5.75 Å². The summed E-state index contributed by atoms with van der Waals surface area (Å²) in [5.41, 5.74) is 3.88. The molecule has 0 unspecified atom stereocenters. The molecule has 2 rings (SSSR count). The Balaban J connectivity index is 2.14. The van der Waals surface area contributed by atoms with E-state index in [0.717, 1.165) is 29.1 Å². The number of nitrogens with zero attached hydrogens (tertiary/aromatic N) is 2. The van der Waals surface area contributed by atoms with Gasteiger partial charge in [-0.25, -0.2) is 4.98 Å². The van der Waals surface area contributed by atoms with Crippen LogP contribution in [0.25, 0.3) is 0 Å². The van der Waals surface area contributed by atoms with Gasteiger partial charge in [-0.05, 0) is 32.4 Å². The van der Waals surface area contributed by atoms with E-state index in [2.05, 4.69) is 21.8 Å². The molecule has 1 heterocycles. The molecule has 0 bridgehead atoms. The molecule has 96 valence electrons. The summed E-state index contributed by atoms with van der Waals surface area (Å²) in [6.07, 6.45) is 3.69. The summed E-state index contributed by atoms with van der Waals surface area (Å²) in [7, 11) is 0. The van der Waals surface area contributed by atoms with Crippen molar-refractivity contribution in [2.45, 2.75) is 33.9 Å². The topological polar surface area (TPSA) is 50.1 Å². The summed E-state index contributed by atoms with van der Waals surface area (Å²) >= 11 is 0. The molecule has 4 heteroatoms. The molecular formula is C14H19N3O. The summed E-state index contributed by atoms with van der Waals surface area (Å²) < 4.78 is 2.09. The van der Waals surface area contributed by atoms with Gasteiger partial charge in [0.25, 0.3) is 0 Å². The molecule has 1 aromatic carbocycles. The van der Waals surface area contributed by atoms with Crippen molar-refractivity contribution in [3.63, 3.8) is 0 Å². The fourth-order valence-corrected chi connectivity index (χ4v) is 1.99. The van der Waals surface area contributed by atoms with Crippen LogP contribution in [0.3, 0.4) is 0 Å². The van der Waals surface area contributed by atoms with E-state index in [1.807, 2.05) is 38.5 Å². The number of nitrogens with one attached hydrogen (secondary N) is 1. The Hall–Kier alpha value is -1.97. The van der Waals surface area contributed by atoms with Crippen LogP contribution in [0.1, 0.15) is 23.7 Å². The SMILES string of the molecule is CCn1cncc1CNc1ccc(C)c(O)c1C. The lowest BCUT2D eigenvalue weighted by Gasteiger charge is -2.13. The van der Waals surface area contributed by atoms with Gasteiger partial charge >= 0.3 is 0 Å². The summed E-state index contributed by atoms with van der Waals surface area (Å²) in [5.74, 6) is 0.365.